The molecule has 0 radical (unpaired) electrons. The molecule has 0 amide bonds. The van der Waals surface area contributed by atoms with Gasteiger partial charge >= 0.3 is 0 Å². The molecule has 0 N–H and O–H groups in total. The summed E-state index contributed by atoms with van der Waals surface area (Å²) in [5.74, 6) is 3.63. The van der Waals surface area contributed by atoms with Crippen LogP contribution in [0.5, 0.6) is 0 Å². The molecule has 84 valence electrons. The summed E-state index contributed by atoms with van der Waals surface area (Å²) in [5, 5.41) is 0. The lowest BCUT2D eigenvalue weighted by molar-refractivity contribution is 0.210. The second-order valence-electron chi connectivity index (χ2n) is 5.63. The average Bonchev–Trinajstić information content (AvgIpc) is 2.33. The Labute approximate surface area is 94.5 Å². The van der Waals surface area contributed by atoms with E-state index in [1.54, 1.807) is 0 Å². The summed E-state index contributed by atoms with van der Waals surface area (Å²) >= 11 is 0. The molecule has 0 bridgehead atoms. The highest BCUT2D eigenvalue weighted by Crippen LogP contribution is 2.38. The van der Waals surface area contributed by atoms with Gasteiger partial charge in [-0.25, -0.2) is 0 Å². The molecule has 0 nitrogen and oxygen atoms in total. The Balaban J connectivity index is 2.13. The largest absolute Gasteiger partial charge is 0.0883 e. The van der Waals surface area contributed by atoms with Crippen LogP contribution >= 0.6 is 0 Å². The highest BCUT2D eigenvalue weighted by molar-refractivity contribution is 4.99. The van der Waals surface area contributed by atoms with Gasteiger partial charge in [-0.2, -0.15) is 0 Å². The minimum atomic E-state index is 0.878. The second kappa shape index (κ2) is 5.01. The lowest BCUT2D eigenvalue weighted by Gasteiger charge is -2.32. The van der Waals surface area contributed by atoms with Gasteiger partial charge in [0, 0.05) is 0 Å². The standard InChI is InChI=1S/C15H24/c1-12-7-3-6-10-15-13(2)8-4-5-9-14(15)11-12/h3-6,12-15H,7-11H2,1-2H3. The van der Waals surface area contributed by atoms with E-state index in [4.69, 9.17) is 0 Å². The number of hydrogen-bond donors (Lipinski definition) is 0. The molecule has 0 saturated heterocycles. The summed E-state index contributed by atoms with van der Waals surface area (Å²) in [6.45, 7) is 4.85. The molecule has 15 heavy (non-hydrogen) atoms. The smallest absolute Gasteiger partial charge is 0.0317 e. The van der Waals surface area contributed by atoms with Gasteiger partial charge < -0.3 is 0 Å². The van der Waals surface area contributed by atoms with Crippen molar-refractivity contribution in [2.24, 2.45) is 23.7 Å². The zero-order valence-corrected chi connectivity index (χ0v) is 10.2. The molecule has 0 saturated carbocycles. The fourth-order valence-electron chi connectivity index (χ4n) is 3.29. The van der Waals surface area contributed by atoms with Gasteiger partial charge in [-0.3, -0.25) is 0 Å². The van der Waals surface area contributed by atoms with Gasteiger partial charge in [-0.1, -0.05) is 38.2 Å². The third-order valence-electron chi connectivity index (χ3n) is 4.27. The Kier molecular flexibility index (Phi) is 3.66. The molecule has 0 aromatic carbocycles. The lowest BCUT2D eigenvalue weighted by Crippen LogP contribution is -2.22. The first-order valence-corrected chi connectivity index (χ1v) is 6.57. The van der Waals surface area contributed by atoms with E-state index in [-0.39, 0.29) is 0 Å². The third kappa shape index (κ3) is 2.74. The van der Waals surface area contributed by atoms with Crippen molar-refractivity contribution >= 4 is 0 Å². The fourth-order valence-corrected chi connectivity index (χ4v) is 3.29. The first-order valence-electron chi connectivity index (χ1n) is 6.57. The van der Waals surface area contributed by atoms with E-state index in [9.17, 15) is 0 Å². The van der Waals surface area contributed by atoms with E-state index >= 15 is 0 Å². The van der Waals surface area contributed by atoms with Crippen LogP contribution < -0.4 is 0 Å². The van der Waals surface area contributed by atoms with Crippen LogP contribution in [0.3, 0.4) is 0 Å². The van der Waals surface area contributed by atoms with Gasteiger partial charge in [-0.05, 0) is 55.8 Å². The summed E-state index contributed by atoms with van der Waals surface area (Å²) in [5.41, 5.74) is 0. The van der Waals surface area contributed by atoms with E-state index in [0.717, 1.165) is 23.7 Å². The van der Waals surface area contributed by atoms with Crippen LogP contribution in [-0.2, 0) is 0 Å². The molecular weight excluding hydrogens is 180 g/mol. The Morgan fingerprint density at radius 3 is 2.33 bits per heavy atom. The molecule has 0 aromatic heterocycles. The molecule has 0 spiro atoms. The maximum absolute atomic E-state index is 2.44. The highest BCUT2D eigenvalue weighted by Gasteiger charge is 2.28. The van der Waals surface area contributed by atoms with E-state index in [1.165, 1.54) is 32.1 Å². The van der Waals surface area contributed by atoms with Crippen molar-refractivity contribution in [3.63, 3.8) is 0 Å². The SMILES string of the molecule is CC1CC=CCC2C(C)CC=CCC2C1. The predicted molar refractivity (Wildman–Crippen MR) is 66.7 cm³/mol. The van der Waals surface area contributed by atoms with Gasteiger partial charge in [0.2, 0.25) is 0 Å². The normalized spacial score (nSPS) is 41.5. The second-order valence-corrected chi connectivity index (χ2v) is 5.63. The van der Waals surface area contributed by atoms with Crippen LogP contribution in [-0.4, -0.2) is 0 Å². The van der Waals surface area contributed by atoms with Crippen molar-refractivity contribution in [2.45, 2.75) is 46.0 Å². The van der Waals surface area contributed by atoms with E-state index < -0.39 is 0 Å². The Hall–Kier alpha value is -0.520. The van der Waals surface area contributed by atoms with Crippen LogP contribution in [0.1, 0.15) is 46.0 Å². The molecule has 4 atom stereocenters. The Bertz CT molecular complexity index is 249. The first kappa shape index (κ1) is 11.0. The zero-order valence-electron chi connectivity index (χ0n) is 10.2. The van der Waals surface area contributed by atoms with Crippen LogP contribution in [0.15, 0.2) is 24.3 Å². The van der Waals surface area contributed by atoms with Gasteiger partial charge in [0.25, 0.3) is 0 Å². The predicted octanol–water partition coefficient (Wildman–Crippen LogP) is 4.58. The maximum atomic E-state index is 2.44. The summed E-state index contributed by atoms with van der Waals surface area (Å²) in [4.78, 5) is 0. The van der Waals surface area contributed by atoms with Crippen molar-refractivity contribution in [1.82, 2.24) is 0 Å². The molecule has 0 heteroatoms. The zero-order chi connectivity index (χ0) is 10.7. The van der Waals surface area contributed by atoms with Gasteiger partial charge in [0.15, 0.2) is 0 Å². The quantitative estimate of drug-likeness (QED) is 0.507. The molecule has 4 unspecified atom stereocenters. The number of hydrogen-bond acceptors (Lipinski definition) is 0. The molecule has 0 fully saturated rings. The van der Waals surface area contributed by atoms with E-state index in [0.29, 0.717) is 0 Å². The average molecular weight is 204 g/mol. The van der Waals surface area contributed by atoms with Crippen LogP contribution in [0, 0.1) is 23.7 Å². The highest BCUT2D eigenvalue weighted by atomic mass is 14.3. The van der Waals surface area contributed by atoms with Crippen molar-refractivity contribution in [3.8, 4) is 0 Å². The van der Waals surface area contributed by atoms with Crippen molar-refractivity contribution in [1.29, 1.82) is 0 Å². The first-order chi connectivity index (χ1) is 7.27. The molecule has 0 aromatic rings. The van der Waals surface area contributed by atoms with Crippen LogP contribution in [0.2, 0.25) is 0 Å². The molecule has 2 rings (SSSR count). The molecular formula is C15H24. The summed E-state index contributed by atoms with van der Waals surface area (Å²) in [6.07, 6.45) is 16.4. The Morgan fingerprint density at radius 1 is 0.800 bits per heavy atom. The fraction of sp³-hybridized carbons (Fsp3) is 0.733. The summed E-state index contributed by atoms with van der Waals surface area (Å²) in [6, 6.07) is 0. The Morgan fingerprint density at radius 2 is 1.47 bits per heavy atom. The topological polar surface area (TPSA) is 0 Å². The molecule has 0 heterocycles. The van der Waals surface area contributed by atoms with Crippen molar-refractivity contribution < 1.29 is 0 Å². The van der Waals surface area contributed by atoms with Crippen molar-refractivity contribution in [2.75, 3.05) is 0 Å². The minimum absolute atomic E-state index is 0.878. The summed E-state index contributed by atoms with van der Waals surface area (Å²) in [7, 11) is 0. The maximum Gasteiger partial charge on any atom is -0.0317 e. The number of rotatable bonds is 0. The third-order valence-corrected chi connectivity index (χ3v) is 4.27. The monoisotopic (exact) mass is 204 g/mol. The van der Waals surface area contributed by atoms with E-state index in [1.807, 2.05) is 0 Å². The van der Waals surface area contributed by atoms with Crippen LogP contribution in [0.25, 0.3) is 0 Å². The lowest BCUT2D eigenvalue weighted by atomic mass is 9.73. The minimum Gasteiger partial charge on any atom is -0.0883 e. The van der Waals surface area contributed by atoms with Gasteiger partial charge in [0.1, 0.15) is 0 Å². The molecule has 0 aliphatic heterocycles. The summed E-state index contributed by atoms with van der Waals surface area (Å²) < 4.78 is 0. The van der Waals surface area contributed by atoms with Gasteiger partial charge in [0.05, 0.1) is 0 Å². The van der Waals surface area contributed by atoms with Crippen molar-refractivity contribution in [3.05, 3.63) is 24.3 Å². The van der Waals surface area contributed by atoms with Crippen LogP contribution in [0.4, 0.5) is 0 Å². The molecule has 2 aliphatic rings. The number of allylic oxidation sites excluding steroid dienone is 4. The van der Waals surface area contributed by atoms with E-state index in [2.05, 4.69) is 38.2 Å². The van der Waals surface area contributed by atoms with Gasteiger partial charge in [-0.15, -0.1) is 0 Å². The number of fused-ring (bicyclic) bond motifs is 1. The molecule has 2 aliphatic carbocycles.